The van der Waals surface area contributed by atoms with Gasteiger partial charge < -0.3 is 9.52 Å². The summed E-state index contributed by atoms with van der Waals surface area (Å²) in [5.74, 6) is 0.456. The third-order valence-corrected chi connectivity index (χ3v) is 3.06. The minimum absolute atomic E-state index is 0.0806. The molecule has 5 heteroatoms. The van der Waals surface area contributed by atoms with E-state index in [4.69, 9.17) is 9.52 Å². The molecule has 0 fully saturated rings. The fourth-order valence-electron chi connectivity index (χ4n) is 1.39. The van der Waals surface area contributed by atoms with Gasteiger partial charge in [-0.1, -0.05) is 6.07 Å². The first-order valence-electron chi connectivity index (χ1n) is 4.89. The van der Waals surface area contributed by atoms with Crippen LogP contribution in [0.25, 0.3) is 10.8 Å². The van der Waals surface area contributed by atoms with E-state index in [0.29, 0.717) is 18.1 Å². The van der Waals surface area contributed by atoms with E-state index in [-0.39, 0.29) is 6.42 Å². The number of carboxylic acid groups (broad SMARTS) is 1. The number of oxazole rings is 1. The van der Waals surface area contributed by atoms with E-state index in [1.54, 1.807) is 18.3 Å². The van der Waals surface area contributed by atoms with Crippen molar-refractivity contribution in [2.75, 3.05) is 0 Å². The molecule has 0 atom stereocenters. The number of carboxylic acids is 1. The van der Waals surface area contributed by atoms with Crippen LogP contribution in [0.2, 0.25) is 0 Å². The van der Waals surface area contributed by atoms with Crippen LogP contribution in [0, 0.1) is 6.92 Å². The lowest BCUT2D eigenvalue weighted by Crippen LogP contribution is -1.98. The van der Waals surface area contributed by atoms with Gasteiger partial charge in [0.1, 0.15) is 5.76 Å². The molecule has 2 aromatic rings. The SMILES string of the molecule is Cc1oc(-c2cccs2)nc1CCC(=O)O. The van der Waals surface area contributed by atoms with Crippen molar-refractivity contribution in [2.45, 2.75) is 19.8 Å². The second-order valence-electron chi connectivity index (χ2n) is 3.39. The van der Waals surface area contributed by atoms with E-state index < -0.39 is 5.97 Å². The van der Waals surface area contributed by atoms with Crippen molar-refractivity contribution < 1.29 is 14.3 Å². The summed E-state index contributed by atoms with van der Waals surface area (Å²) in [5, 5.41) is 10.6. The number of hydrogen-bond donors (Lipinski definition) is 1. The summed E-state index contributed by atoms with van der Waals surface area (Å²) in [6.45, 7) is 1.81. The van der Waals surface area contributed by atoms with Gasteiger partial charge in [0.15, 0.2) is 0 Å². The smallest absolute Gasteiger partial charge is 0.303 e. The van der Waals surface area contributed by atoms with Gasteiger partial charge in [-0.2, -0.15) is 0 Å². The number of thiophene rings is 1. The summed E-state index contributed by atoms with van der Waals surface area (Å²) in [6, 6.07) is 3.85. The van der Waals surface area contributed by atoms with Crippen LogP contribution in [-0.4, -0.2) is 16.1 Å². The molecule has 0 saturated carbocycles. The van der Waals surface area contributed by atoms with Crippen molar-refractivity contribution in [1.82, 2.24) is 4.98 Å². The molecule has 0 aliphatic heterocycles. The first kappa shape index (κ1) is 10.9. The normalized spacial score (nSPS) is 10.6. The van der Waals surface area contributed by atoms with E-state index in [0.717, 1.165) is 10.6 Å². The van der Waals surface area contributed by atoms with Gasteiger partial charge in [0, 0.05) is 6.42 Å². The lowest BCUT2D eigenvalue weighted by molar-refractivity contribution is -0.136. The average Bonchev–Trinajstić information content (AvgIpc) is 2.83. The standard InChI is InChI=1S/C11H11NO3S/c1-7-8(4-5-10(13)14)12-11(15-7)9-3-2-6-16-9/h2-3,6H,4-5H2,1H3,(H,13,14). The molecule has 0 bridgehead atoms. The van der Waals surface area contributed by atoms with Gasteiger partial charge >= 0.3 is 5.97 Å². The van der Waals surface area contributed by atoms with Gasteiger partial charge in [-0.3, -0.25) is 4.79 Å². The zero-order valence-corrected chi connectivity index (χ0v) is 9.58. The molecular weight excluding hydrogens is 226 g/mol. The van der Waals surface area contributed by atoms with Crippen LogP contribution in [0.5, 0.6) is 0 Å². The van der Waals surface area contributed by atoms with Gasteiger partial charge in [0.25, 0.3) is 0 Å². The molecule has 0 radical (unpaired) electrons. The Kier molecular flexibility index (Phi) is 3.05. The Bertz CT molecular complexity index is 487. The molecular formula is C11H11NO3S. The lowest BCUT2D eigenvalue weighted by atomic mass is 10.2. The maximum Gasteiger partial charge on any atom is 0.303 e. The average molecular weight is 237 g/mol. The number of aromatic nitrogens is 1. The Labute approximate surface area is 96.6 Å². The van der Waals surface area contributed by atoms with E-state index in [1.165, 1.54) is 0 Å². The molecule has 4 nitrogen and oxygen atoms in total. The number of aryl methyl sites for hydroxylation is 2. The zero-order chi connectivity index (χ0) is 11.5. The van der Waals surface area contributed by atoms with Crippen molar-refractivity contribution in [3.05, 3.63) is 29.0 Å². The number of carbonyl (C=O) groups is 1. The fourth-order valence-corrected chi connectivity index (χ4v) is 2.04. The van der Waals surface area contributed by atoms with E-state index in [9.17, 15) is 4.79 Å². The third-order valence-electron chi connectivity index (χ3n) is 2.20. The molecule has 16 heavy (non-hydrogen) atoms. The molecule has 2 aromatic heterocycles. The number of nitrogens with zero attached hydrogens (tertiary/aromatic N) is 1. The minimum Gasteiger partial charge on any atom is -0.481 e. The first-order valence-corrected chi connectivity index (χ1v) is 5.77. The molecule has 1 N–H and O–H groups in total. The number of rotatable bonds is 4. The second-order valence-corrected chi connectivity index (χ2v) is 4.34. The van der Waals surface area contributed by atoms with Crippen molar-refractivity contribution in [3.63, 3.8) is 0 Å². The monoisotopic (exact) mass is 237 g/mol. The zero-order valence-electron chi connectivity index (χ0n) is 8.77. The maximum atomic E-state index is 10.5. The van der Waals surface area contributed by atoms with Crippen LogP contribution in [0.15, 0.2) is 21.9 Å². The van der Waals surface area contributed by atoms with Crippen LogP contribution in [-0.2, 0) is 11.2 Å². The molecule has 84 valence electrons. The molecule has 2 rings (SSSR count). The summed E-state index contributed by atoms with van der Waals surface area (Å²) >= 11 is 1.55. The van der Waals surface area contributed by atoms with Crippen LogP contribution >= 0.6 is 11.3 Å². The van der Waals surface area contributed by atoms with Crippen molar-refractivity contribution in [2.24, 2.45) is 0 Å². The molecule has 0 amide bonds. The Balaban J connectivity index is 2.19. The summed E-state index contributed by atoms with van der Waals surface area (Å²) in [4.78, 5) is 15.7. The maximum absolute atomic E-state index is 10.5. The summed E-state index contributed by atoms with van der Waals surface area (Å²) in [5.41, 5.74) is 0.728. The Morgan fingerprint density at radius 3 is 3.06 bits per heavy atom. The topological polar surface area (TPSA) is 63.3 Å². The molecule has 0 unspecified atom stereocenters. The first-order chi connectivity index (χ1) is 7.66. The number of hydrogen-bond acceptors (Lipinski definition) is 4. The van der Waals surface area contributed by atoms with Crippen molar-refractivity contribution in [1.29, 1.82) is 0 Å². The highest BCUT2D eigenvalue weighted by Crippen LogP contribution is 2.26. The lowest BCUT2D eigenvalue weighted by Gasteiger charge is -1.91. The number of aliphatic carboxylic acids is 1. The Hall–Kier alpha value is -1.62. The highest BCUT2D eigenvalue weighted by molar-refractivity contribution is 7.13. The largest absolute Gasteiger partial charge is 0.481 e. The molecule has 0 aliphatic rings. The quantitative estimate of drug-likeness (QED) is 0.888. The van der Waals surface area contributed by atoms with Gasteiger partial charge in [0.05, 0.1) is 17.0 Å². The highest BCUT2D eigenvalue weighted by Gasteiger charge is 2.12. The van der Waals surface area contributed by atoms with Gasteiger partial charge in [-0.15, -0.1) is 11.3 Å². The molecule has 0 saturated heterocycles. The summed E-state index contributed by atoms with van der Waals surface area (Å²) < 4.78 is 5.50. The minimum atomic E-state index is -0.819. The van der Waals surface area contributed by atoms with Crippen molar-refractivity contribution in [3.8, 4) is 10.8 Å². The highest BCUT2D eigenvalue weighted by atomic mass is 32.1. The van der Waals surface area contributed by atoms with Crippen LogP contribution in [0.4, 0.5) is 0 Å². The van der Waals surface area contributed by atoms with Crippen LogP contribution in [0.1, 0.15) is 17.9 Å². The van der Waals surface area contributed by atoms with E-state index in [1.807, 2.05) is 17.5 Å². The second kappa shape index (κ2) is 4.49. The van der Waals surface area contributed by atoms with Crippen LogP contribution < -0.4 is 0 Å². The summed E-state index contributed by atoms with van der Waals surface area (Å²) in [6.07, 6.45) is 0.493. The molecule has 0 aliphatic carbocycles. The molecule has 0 aromatic carbocycles. The van der Waals surface area contributed by atoms with Gasteiger partial charge in [0.2, 0.25) is 5.89 Å². The predicted molar refractivity (Wildman–Crippen MR) is 60.5 cm³/mol. The molecule has 0 spiro atoms. The molecule has 2 heterocycles. The van der Waals surface area contributed by atoms with Crippen LogP contribution in [0.3, 0.4) is 0 Å². The van der Waals surface area contributed by atoms with E-state index >= 15 is 0 Å². The Morgan fingerprint density at radius 2 is 2.44 bits per heavy atom. The Morgan fingerprint density at radius 1 is 1.62 bits per heavy atom. The fraction of sp³-hybridized carbons (Fsp3) is 0.273. The van der Waals surface area contributed by atoms with Crippen molar-refractivity contribution >= 4 is 17.3 Å². The summed E-state index contributed by atoms with van der Waals surface area (Å²) in [7, 11) is 0. The van der Waals surface area contributed by atoms with E-state index in [2.05, 4.69) is 4.98 Å². The predicted octanol–water partition coefficient (Wildman–Crippen LogP) is 2.73. The van der Waals surface area contributed by atoms with Gasteiger partial charge in [-0.05, 0) is 18.4 Å². The third kappa shape index (κ3) is 2.30. The van der Waals surface area contributed by atoms with Gasteiger partial charge in [-0.25, -0.2) is 4.98 Å².